The highest BCUT2D eigenvalue weighted by atomic mass is 35.5. The molecule has 0 amide bonds. The van der Waals surface area contributed by atoms with E-state index in [2.05, 4.69) is 4.98 Å². The summed E-state index contributed by atoms with van der Waals surface area (Å²) in [6.45, 7) is 1.66. The van der Waals surface area contributed by atoms with Gasteiger partial charge in [-0.25, -0.2) is 0 Å². The molecule has 1 aromatic heterocycles. The minimum atomic E-state index is -0.516. The zero-order valence-electron chi connectivity index (χ0n) is 5.58. The second-order valence-electron chi connectivity index (χ2n) is 2.08. The van der Waals surface area contributed by atoms with E-state index in [1.807, 2.05) is 0 Å². The van der Waals surface area contributed by atoms with Crippen LogP contribution in [0.4, 0.5) is 0 Å². The van der Waals surface area contributed by atoms with Crippen LogP contribution < -0.4 is 0 Å². The predicted octanol–water partition coefficient (Wildman–Crippen LogP) is 1.79. The number of pyridine rings is 1. The monoisotopic (exact) mass is 157 g/mol. The predicted molar refractivity (Wildman–Crippen MR) is 39.9 cm³/mol. The topological polar surface area (TPSA) is 33.1 Å². The molecule has 1 aromatic rings. The minimum Gasteiger partial charge on any atom is -0.387 e. The van der Waals surface area contributed by atoms with Crippen molar-refractivity contribution in [1.82, 2.24) is 4.98 Å². The average Bonchev–Trinajstić information content (AvgIpc) is 1.88. The van der Waals surface area contributed by atoms with Gasteiger partial charge in [0.1, 0.15) is 0 Å². The third-order valence-corrected chi connectivity index (χ3v) is 1.40. The van der Waals surface area contributed by atoms with Gasteiger partial charge in [-0.1, -0.05) is 11.6 Å². The summed E-state index contributed by atoms with van der Waals surface area (Å²) >= 11 is 5.57. The SMILES string of the molecule is CC(O)c1ccc(Cl)cn1. The molecule has 0 aliphatic heterocycles. The van der Waals surface area contributed by atoms with Crippen molar-refractivity contribution in [2.75, 3.05) is 0 Å². The standard InChI is InChI=1S/C7H8ClNO/c1-5(10)7-3-2-6(8)4-9-7/h2-5,10H,1H3. The lowest BCUT2D eigenvalue weighted by Gasteiger charge is -2.00. The van der Waals surface area contributed by atoms with E-state index in [4.69, 9.17) is 16.7 Å². The van der Waals surface area contributed by atoms with Gasteiger partial charge >= 0.3 is 0 Å². The van der Waals surface area contributed by atoms with Crippen LogP contribution in [-0.2, 0) is 0 Å². The van der Waals surface area contributed by atoms with Crippen molar-refractivity contribution in [2.24, 2.45) is 0 Å². The molecular weight excluding hydrogens is 150 g/mol. The largest absolute Gasteiger partial charge is 0.387 e. The molecule has 1 heterocycles. The van der Waals surface area contributed by atoms with Crippen molar-refractivity contribution < 1.29 is 5.11 Å². The fourth-order valence-corrected chi connectivity index (χ4v) is 0.746. The normalized spacial score (nSPS) is 13.1. The highest BCUT2D eigenvalue weighted by Gasteiger charge is 1.99. The summed E-state index contributed by atoms with van der Waals surface area (Å²) in [7, 11) is 0. The Morgan fingerprint density at radius 3 is 2.70 bits per heavy atom. The molecule has 0 bridgehead atoms. The van der Waals surface area contributed by atoms with Gasteiger partial charge in [-0.2, -0.15) is 0 Å². The molecule has 1 unspecified atom stereocenters. The lowest BCUT2D eigenvalue weighted by atomic mass is 10.2. The quantitative estimate of drug-likeness (QED) is 0.674. The molecule has 0 radical (unpaired) electrons. The van der Waals surface area contributed by atoms with Gasteiger partial charge in [0.25, 0.3) is 0 Å². The van der Waals surface area contributed by atoms with Crippen LogP contribution in [0.15, 0.2) is 18.3 Å². The second kappa shape index (κ2) is 2.99. The zero-order valence-corrected chi connectivity index (χ0v) is 6.34. The fraction of sp³-hybridized carbons (Fsp3) is 0.286. The van der Waals surface area contributed by atoms with Crippen LogP contribution in [0.2, 0.25) is 5.02 Å². The van der Waals surface area contributed by atoms with Gasteiger partial charge in [0.15, 0.2) is 0 Å². The maximum Gasteiger partial charge on any atom is 0.0931 e. The van der Waals surface area contributed by atoms with E-state index in [9.17, 15) is 0 Å². The Morgan fingerprint density at radius 2 is 2.30 bits per heavy atom. The maximum absolute atomic E-state index is 9.01. The number of nitrogens with zero attached hydrogens (tertiary/aromatic N) is 1. The summed E-state index contributed by atoms with van der Waals surface area (Å²) in [6, 6.07) is 3.41. The van der Waals surface area contributed by atoms with Crippen LogP contribution in [0, 0.1) is 0 Å². The molecule has 0 fully saturated rings. The van der Waals surface area contributed by atoms with Crippen LogP contribution in [0.25, 0.3) is 0 Å². The van der Waals surface area contributed by atoms with Crippen molar-refractivity contribution in [2.45, 2.75) is 13.0 Å². The smallest absolute Gasteiger partial charge is 0.0931 e. The Bertz CT molecular complexity index is 207. The first-order chi connectivity index (χ1) is 4.70. The van der Waals surface area contributed by atoms with Crippen molar-refractivity contribution in [1.29, 1.82) is 0 Å². The Labute approximate surface area is 64.5 Å². The Kier molecular flexibility index (Phi) is 2.25. The summed E-state index contributed by atoms with van der Waals surface area (Å²) in [5, 5.41) is 9.60. The summed E-state index contributed by atoms with van der Waals surface area (Å²) in [5.74, 6) is 0. The third kappa shape index (κ3) is 1.69. The molecule has 1 atom stereocenters. The van der Waals surface area contributed by atoms with Crippen molar-refractivity contribution >= 4 is 11.6 Å². The zero-order chi connectivity index (χ0) is 7.56. The van der Waals surface area contributed by atoms with Crippen LogP contribution >= 0.6 is 11.6 Å². The first-order valence-corrected chi connectivity index (χ1v) is 3.37. The number of aromatic nitrogens is 1. The summed E-state index contributed by atoms with van der Waals surface area (Å²) in [4.78, 5) is 3.90. The molecule has 0 saturated heterocycles. The molecule has 0 aliphatic rings. The van der Waals surface area contributed by atoms with Gasteiger partial charge in [0.05, 0.1) is 16.8 Å². The molecule has 1 rings (SSSR count). The second-order valence-corrected chi connectivity index (χ2v) is 2.51. The van der Waals surface area contributed by atoms with Gasteiger partial charge in [0.2, 0.25) is 0 Å². The first-order valence-electron chi connectivity index (χ1n) is 2.99. The Hall–Kier alpha value is -0.600. The molecule has 2 nitrogen and oxygen atoms in total. The number of aliphatic hydroxyl groups excluding tert-OH is 1. The van der Waals surface area contributed by atoms with Crippen LogP contribution in [0.5, 0.6) is 0 Å². The molecule has 0 saturated carbocycles. The van der Waals surface area contributed by atoms with Crippen molar-refractivity contribution in [3.05, 3.63) is 29.0 Å². The molecule has 3 heteroatoms. The number of hydrogen-bond donors (Lipinski definition) is 1. The lowest BCUT2D eigenvalue weighted by molar-refractivity contribution is 0.194. The molecule has 1 N–H and O–H groups in total. The number of halogens is 1. The van der Waals surface area contributed by atoms with Gasteiger partial charge < -0.3 is 5.11 Å². The van der Waals surface area contributed by atoms with Crippen molar-refractivity contribution in [3.63, 3.8) is 0 Å². The van der Waals surface area contributed by atoms with E-state index < -0.39 is 6.10 Å². The molecule has 0 aromatic carbocycles. The van der Waals surface area contributed by atoms with Gasteiger partial charge in [-0.3, -0.25) is 4.98 Å². The minimum absolute atomic E-state index is 0.516. The first kappa shape index (κ1) is 7.51. The summed E-state index contributed by atoms with van der Waals surface area (Å²) < 4.78 is 0. The number of rotatable bonds is 1. The molecule has 0 spiro atoms. The van der Waals surface area contributed by atoms with Gasteiger partial charge in [-0.05, 0) is 19.1 Å². The Balaban J connectivity index is 2.89. The molecule has 10 heavy (non-hydrogen) atoms. The number of aliphatic hydroxyl groups is 1. The van der Waals surface area contributed by atoms with E-state index in [-0.39, 0.29) is 0 Å². The van der Waals surface area contributed by atoms with Crippen molar-refractivity contribution in [3.8, 4) is 0 Å². The van der Waals surface area contributed by atoms with E-state index >= 15 is 0 Å². The van der Waals surface area contributed by atoms with E-state index in [1.54, 1.807) is 19.1 Å². The molecule has 54 valence electrons. The van der Waals surface area contributed by atoms with E-state index in [1.165, 1.54) is 6.20 Å². The van der Waals surface area contributed by atoms with Crippen LogP contribution in [0.1, 0.15) is 18.7 Å². The van der Waals surface area contributed by atoms with E-state index in [0.29, 0.717) is 10.7 Å². The van der Waals surface area contributed by atoms with Gasteiger partial charge in [0, 0.05) is 6.20 Å². The number of hydrogen-bond acceptors (Lipinski definition) is 2. The highest BCUT2D eigenvalue weighted by molar-refractivity contribution is 6.30. The Morgan fingerprint density at radius 1 is 1.60 bits per heavy atom. The van der Waals surface area contributed by atoms with Crippen LogP contribution in [0.3, 0.4) is 0 Å². The average molecular weight is 158 g/mol. The third-order valence-electron chi connectivity index (χ3n) is 1.18. The van der Waals surface area contributed by atoms with Gasteiger partial charge in [-0.15, -0.1) is 0 Å². The molecular formula is C7H8ClNO. The lowest BCUT2D eigenvalue weighted by Crippen LogP contribution is -1.93. The molecule has 0 aliphatic carbocycles. The highest BCUT2D eigenvalue weighted by Crippen LogP contribution is 2.11. The fourth-order valence-electron chi connectivity index (χ4n) is 0.634. The summed E-state index contributed by atoms with van der Waals surface area (Å²) in [6.07, 6.45) is 1.00. The maximum atomic E-state index is 9.01. The van der Waals surface area contributed by atoms with E-state index in [0.717, 1.165) is 0 Å². The van der Waals surface area contributed by atoms with Crippen LogP contribution in [-0.4, -0.2) is 10.1 Å². The summed E-state index contributed by atoms with van der Waals surface area (Å²) in [5.41, 5.74) is 0.643.